The maximum Gasteiger partial charge on any atom is 0.315 e. The second kappa shape index (κ2) is 27.8. The van der Waals surface area contributed by atoms with Crippen LogP contribution in [0.4, 0.5) is 0 Å². The van der Waals surface area contributed by atoms with Crippen molar-refractivity contribution in [3.8, 4) is 0 Å². The number of hydrogen-bond acceptors (Lipinski definition) is 5. The monoisotopic (exact) mass is 593 g/mol. The van der Waals surface area contributed by atoms with E-state index in [4.69, 9.17) is 10.5 Å². The first-order valence-electron chi connectivity index (χ1n) is 17.9. The second-order valence-electron chi connectivity index (χ2n) is 12.5. The molecule has 0 saturated carbocycles. The number of ether oxygens (including phenoxy) is 1. The molecule has 1 aliphatic rings. The summed E-state index contributed by atoms with van der Waals surface area (Å²) in [6.07, 6.45) is 34.3. The molecule has 2 N–H and O–H groups in total. The van der Waals surface area contributed by atoms with E-state index in [0.717, 1.165) is 25.7 Å². The van der Waals surface area contributed by atoms with Crippen LogP contribution in [0.5, 0.6) is 0 Å². The minimum absolute atomic E-state index is 0.111. The lowest BCUT2D eigenvalue weighted by Crippen LogP contribution is -2.24. The highest BCUT2D eigenvalue weighted by Crippen LogP contribution is 2.35. The van der Waals surface area contributed by atoms with E-state index in [1.165, 1.54) is 153 Å². The molecule has 0 spiro atoms. The zero-order valence-electron chi connectivity index (χ0n) is 27.3. The van der Waals surface area contributed by atoms with Crippen molar-refractivity contribution < 1.29 is 14.3 Å². The van der Waals surface area contributed by atoms with E-state index >= 15 is 0 Å². The summed E-state index contributed by atoms with van der Waals surface area (Å²) in [4.78, 5) is 25.9. The van der Waals surface area contributed by atoms with Gasteiger partial charge in [0.15, 0.2) is 5.78 Å². The Morgan fingerprint density at radius 1 is 0.610 bits per heavy atom. The number of hydrogen-bond donors (Lipinski definition) is 1. The van der Waals surface area contributed by atoms with Gasteiger partial charge in [0, 0.05) is 17.9 Å². The molecule has 0 aromatic heterocycles. The van der Waals surface area contributed by atoms with E-state index in [0.29, 0.717) is 29.4 Å². The lowest BCUT2D eigenvalue weighted by Gasteiger charge is -2.11. The number of carbonyl (C=O) groups excluding carboxylic acids is 2. The van der Waals surface area contributed by atoms with Gasteiger partial charge in [-0.15, -0.1) is 11.8 Å². The van der Waals surface area contributed by atoms with Crippen LogP contribution in [0.2, 0.25) is 0 Å². The van der Waals surface area contributed by atoms with E-state index < -0.39 is 5.92 Å². The minimum Gasteiger partial charge on any atom is -0.465 e. The summed E-state index contributed by atoms with van der Waals surface area (Å²) in [7, 11) is 0. The molecule has 5 heteroatoms. The standard InChI is InChI=1S/C36H67NO3S/c1-3-5-7-9-11-13-15-16-17-18-19-20-22-24-26-28-30-40-36(39)32-31-41-35(34(32)37)33(38)29-27-25-23-21-14-12-10-8-6-4-2/h32H,3-31,37H2,1-2H3. The van der Waals surface area contributed by atoms with Crippen molar-refractivity contribution in [2.75, 3.05) is 12.4 Å². The first kappa shape index (κ1) is 38.1. The van der Waals surface area contributed by atoms with Crippen LogP contribution < -0.4 is 5.73 Å². The molecular formula is C36H67NO3S. The number of nitrogens with two attached hydrogens (primary N) is 1. The number of Topliss-reactive ketones (excluding diaryl/α,β-unsaturated/α-hetero) is 1. The number of allylic oxidation sites excluding steroid dienone is 1. The maximum atomic E-state index is 12.7. The number of ketones is 1. The predicted molar refractivity (Wildman–Crippen MR) is 179 cm³/mol. The molecule has 1 aliphatic heterocycles. The molecular weight excluding hydrogens is 526 g/mol. The van der Waals surface area contributed by atoms with Gasteiger partial charge < -0.3 is 10.5 Å². The number of rotatable bonds is 30. The van der Waals surface area contributed by atoms with Gasteiger partial charge in [0.05, 0.1) is 11.5 Å². The summed E-state index contributed by atoms with van der Waals surface area (Å²) in [5.74, 6) is -0.0477. The molecule has 0 amide bonds. The summed E-state index contributed by atoms with van der Waals surface area (Å²) in [6.45, 7) is 5.00. The Hall–Kier alpha value is -0.970. The zero-order valence-corrected chi connectivity index (χ0v) is 28.1. The third-order valence-corrected chi connectivity index (χ3v) is 9.82. The molecule has 1 atom stereocenters. The van der Waals surface area contributed by atoms with Gasteiger partial charge in [-0.25, -0.2) is 0 Å². The Morgan fingerprint density at radius 3 is 1.39 bits per heavy atom. The number of carbonyl (C=O) groups is 2. The van der Waals surface area contributed by atoms with E-state index in [1.54, 1.807) is 0 Å². The van der Waals surface area contributed by atoms with Gasteiger partial charge in [0.1, 0.15) is 5.92 Å². The molecule has 0 bridgehead atoms. The van der Waals surface area contributed by atoms with Gasteiger partial charge >= 0.3 is 5.97 Å². The third kappa shape index (κ3) is 20.6. The van der Waals surface area contributed by atoms with Crippen molar-refractivity contribution in [2.45, 2.75) is 187 Å². The van der Waals surface area contributed by atoms with E-state index in [1.807, 2.05) is 0 Å². The first-order valence-corrected chi connectivity index (χ1v) is 18.9. The van der Waals surface area contributed by atoms with Crippen LogP contribution >= 0.6 is 11.8 Å². The highest BCUT2D eigenvalue weighted by Gasteiger charge is 2.33. The average molecular weight is 594 g/mol. The molecule has 1 unspecified atom stereocenters. The van der Waals surface area contributed by atoms with Crippen LogP contribution in [0.1, 0.15) is 187 Å². The quantitative estimate of drug-likeness (QED) is 0.0662. The number of esters is 1. The Kier molecular flexibility index (Phi) is 25.8. The van der Waals surface area contributed by atoms with Crippen LogP contribution in [0.25, 0.3) is 0 Å². The Labute approximate surface area is 259 Å². The van der Waals surface area contributed by atoms with Gasteiger partial charge in [0.25, 0.3) is 0 Å². The van der Waals surface area contributed by atoms with E-state index in [-0.39, 0.29) is 11.8 Å². The molecule has 0 radical (unpaired) electrons. The van der Waals surface area contributed by atoms with Crippen molar-refractivity contribution in [3.63, 3.8) is 0 Å². The predicted octanol–water partition coefficient (Wildman–Crippen LogP) is 11.2. The van der Waals surface area contributed by atoms with Gasteiger partial charge in [-0.05, 0) is 12.8 Å². The number of thioether (sulfide) groups is 1. The summed E-state index contributed by atoms with van der Waals surface area (Å²) in [5.41, 5.74) is 6.70. The van der Waals surface area contributed by atoms with Crippen LogP contribution in [0, 0.1) is 5.92 Å². The van der Waals surface area contributed by atoms with E-state index in [2.05, 4.69) is 13.8 Å². The molecule has 0 aromatic rings. The lowest BCUT2D eigenvalue weighted by atomic mass is 10.0. The van der Waals surface area contributed by atoms with Crippen molar-refractivity contribution >= 4 is 23.5 Å². The van der Waals surface area contributed by atoms with Crippen molar-refractivity contribution in [1.82, 2.24) is 0 Å². The van der Waals surface area contributed by atoms with Gasteiger partial charge in [0.2, 0.25) is 0 Å². The van der Waals surface area contributed by atoms with Gasteiger partial charge in [-0.2, -0.15) is 0 Å². The van der Waals surface area contributed by atoms with Crippen LogP contribution in [0.15, 0.2) is 10.6 Å². The third-order valence-electron chi connectivity index (χ3n) is 8.57. The fourth-order valence-electron chi connectivity index (χ4n) is 5.74. The zero-order chi connectivity index (χ0) is 29.8. The normalized spacial score (nSPS) is 15.1. The highest BCUT2D eigenvalue weighted by atomic mass is 32.2. The minimum atomic E-state index is -0.451. The Bertz CT molecular complexity index is 678. The van der Waals surface area contributed by atoms with Gasteiger partial charge in [-0.3, -0.25) is 9.59 Å². The smallest absolute Gasteiger partial charge is 0.315 e. The topological polar surface area (TPSA) is 69.4 Å². The molecule has 41 heavy (non-hydrogen) atoms. The lowest BCUT2D eigenvalue weighted by molar-refractivity contribution is -0.146. The summed E-state index contributed by atoms with van der Waals surface area (Å²) >= 11 is 1.45. The Balaban J connectivity index is 1.98. The molecule has 4 nitrogen and oxygen atoms in total. The molecule has 0 aromatic carbocycles. The average Bonchev–Trinajstić information content (AvgIpc) is 3.36. The summed E-state index contributed by atoms with van der Waals surface area (Å²) in [5, 5.41) is 0. The van der Waals surface area contributed by atoms with Crippen molar-refractivity contribution in [2.24, 2.45) is 11.7 Å². The van der Waals surface area contributed by atoms with Crippen LogP contribution in [-0.2, 0) is 14.3 Å². The fraction of sp³-hybridized carbons (Fsp3) is 0.889. The second-order valence-corrected chi connectivity index (χ2v) is 13.5. The number of unbranched alkanes of at least 4 members (excludes halogenated alkanes) is 24. The molecule has 0 aliphatic carbocycles. The maximum absolute atomic E-state index is 12.7. The SMILES string of the molecule is CCCCCCCCCCCCCCCCCCOC(=O)C1CSC(C(=O)CCCCCCCCCCCC)=C1N. The highest BCUT2D eigenvalue weighted by molar-refractivity contribution is 8.04. The Morgan fingerprint density at radius 2 is 0.976 bits per heavy atom. The van der Waals surface area contributed by atoms with Crippen LogP contribution in [0.3, 0.4) is 0 Å². The molecule has 1 heterocycles. The van der Waals surface area contributed by atoms with Crippen molar-refractivity contribution in [3.05, 3.63) is 10.6 Å². The summed E-state index contributed by atoms with van der Waals surface area (Å²) < 4.78 is 5.53. The van der Waals surface area contributed by atoms with Crippen LogP contribution in [-0.4, -0.2) is 24.1 Å². The first-order chi connectivity index (χ1) is 20.1. The van der Waals surface area contributed by atoms with Gasteiger partial charge in [-0.1, -0.05) is 168 Å². The fourth-order valence-corrected chi connectivity index (χ4v) is 6.97. The molecule has 0 saturated heterocycles. The molecule has 240 valence electrons. The van der Waals surface area contributed by atoms with E-state index in [9.17, 15) is 9.59 Å². The summed E-state index contributed by atoms with van der Waals surface area (Å²) in [6, 6.07) is 0. The molecule has 0 fully saturated rings. The van der Waals surface area contributed by atoms with Crippen molar-refractivity contribution in [1.29, 1.82) is 0 Å². The largest absolute Gasteiger partial charge is 0.465 e. The molecule has 1 rings (SSSR count).